The lowest BCUT2D eigenvalue weighted by atomic mass is 10.3. The van der Waals surface area contributed by atoms with Gasteiger partial charge in [-0.15, -0.1) is 11.3 Å². The van der Waals surface area contributed by atoms with Crippen LogP contribution in [0.15, 0.2) is 18.2 Å². The van der Waals surface area contributed by atoms with Gasteiger partial charge >= 0.3 is 0 Å². The van der Waals surface area contributed by atoms with Crippen LogP contribution < -0.4 is 4.90 Å². The summed E-state index contributed by atoms with van der Waals surface area (Å²) in [6.45, 7) is 8.78. The summed E-state index contributed by atoms with van der Waals surface area (Å²) in [5, 5.41) is 2.19. The van der Waals surface area contributed by atoms with Gasteiger partial charge in [-0.3, -0.25) is 14.6 Å². The molecule has 0 radical (unpaired) electrons. The number of carbonyl (C=O) groups is 1. The van der Waals surface area contributed by atoms with Crippen LogP contribution >= 0.6 is 34.3 Å². The van der Waals surface area contributed by atoms with E-state index in [4.69, 9.17) is 21.3 Å². The van der Waals surface area contributed by atoms with Crippen LogP contribution in [0.2, 0.25) is 5.02 Å². The minimum atomic E-state index is -0.0368. The van der Waals surface area contributed by atoms with E-state index in [9.17, 15) is 4.79 Å². The van der Waals surface area contributed by atoms with Crippen LogP contribution in [-0.4, -0.2) is 60.2 Å². The van der Waals surface area contributed by atoms with E-state index >= 15 is 0 Å². The average molecular weight is 451 g/mol. The number of anilines is 1. The van der Waals surface area contributed by atoms with Crippen LogP contribution in [0.4, 0.5) is 5.13 Å². The van der Waals surface area contributed by atoms with E-state index in [1.807, 2.05) is 32.0 Å². The van der Waals surface area contributed by atoms with Gasteiger partial charge in [0.15, 0.2) is 5.13 Å². The van der Waals surface area contributed by atoms with E-state index < -0.39 is 0 Å². The molecular formula is C20H23ClN4O2S2. The third kappa shape index (κ3) is 4.62. The molecule has 0 spiro atoms. The number of nitrogens with zero attached hydrogens (tertiary/aromatic N) is 4. The van der Waals surface area contributed by atoms with Gasteiger partial charge < -0.3 is 4.74 Å². The number of carbonyl (C=O) groups excluding carboxylic acids is 1. The van der Waals surface area contributed by atoms with Crippen LogP contribution in [0.3, 0.4) is 0 Å². The van der Waals surface area contributed by atoms with Crippen LogP contribution in [-0.2, 0) is 4.74 Å². The van der Waals surface area contributed by atoms with Crippen molar-refractivity contribution in [3.8, 4) is 0 Å². The lowest BCUT2D eigenvalue weighted by Gasteiger charge is -2.27. The predicted octanol–water partition coefficient (Wildman–Crippen LogP) is 4.39. The summed E-state index contributed by atoms with van der Waals surface area (Å²) in [6.07, 6.45) is 0.867. The quantitative estimate of drug-likeness (QED) is 0.557. The van der Waals surface area contributed by atoms with Gasteiger partial charge in [0.2, 0.25) is 0 Å². The van der Waals surface area contributed by atoms with Crippen molar-refractivity contribution in [1.82, 2.24) is 14.9 Å². The fraction of sp³-hybridized carbons (Fsp3) is 0.450. The van der Waals surface area contributed by atoms with Gasteiger partial charge in [-0.25, -0.2) is 9.97 Å². The number of rotatable bonds is 6. The number of para-hydroxylation sites is 1. The third-order valence-corrected chi connectivity index (χ3v) is 7.30. The molecule has 29 heavy (non-hydrogen) atoms. The number of hydrogen-bond acceptors (Lipinski definition) is 7. The molecule has 1 saturated heterocycles. The Kier molecular flexibility index (Phi) is 6.46. The standard InChI is InChI=1S/C20H23ClN4O2S2/c1-13-18(28-14(2)22-13)19(26)25(8-4-7-24-9-11-27-12-10-24)20-23-17-15(21)5-3-6-16(17)29-20/h3,5-6H,4,7-12H2,1-2H3. The van der Waals surface area contributed by atoms with E-state index in [0.717, 1.165) is 60.2 Å². The Morgan fingerprint density at radius 3 is 2.72 bits per heavy atom. The molecule has 0 atom stereocenters. The molecule has 1 amide bonds. The number of benzene rings is 1. The molecule has 1 aliphatic rings. The Labute approximate surface area is 183 Å². The minimum absolute atomic E-state index is 0.0368. The Morgan fingerprint density at radius 1 is 1.24 bits per heavy atom. The zero-order chi connectivity index (χ0) is 20.4. The van der Waals surface area contributed by atoms with Gasteiger partial charge in [-0.2, -0.15) is 0 Å². The fourth-order valence-corrected chi connectivity index (χ4v) is 5.59. The van der Waals surface area contributed by atoms with E-state index in [2.05, 4.69) is 9.88 Å². The van der Waals surface area contributed by atoms with Gasteiger partial charge in [0, 0.05) is 26.2 Å². The molecule has 3 aromatic rings. The molecule has 2 aromatic heterocycles. The number of aromatic nitrogens is 2. The highest BCUT2D eigenvalue weighted by Gasteiger charge is 2.25. The summed E-state index contributed by atoms with van der Waals surface area (Å²) in [6, 6.07) is 5.73. The first-order chi connectivity index (χ1) is 14.0. The van der Waals surface area contributed by atoms with Crippen molar-refractivity contribution in [3.63, 3.8) is 0 Å². The molecule has 0 saturated carbocycles. The normalized spacial score (nSPS) is 15.1. The average Bonchev–Trinajstić information content (AvgIpc) is 3.29. The molecule has 9 heteroatoms. The number of halogens is 1. The highest BCUT2D eigenvalue weighted by atomic mass is 35.5. The number of fused-ring (bicyclic) bond motifs is 1. The maximum absolute atomic E-state index is 13.4. The van der Waals surface area contributed by atoms with Crippen LogP contribution in [0.25, 0.3) is 10.2 Å². The maximum atomic E-state index is 13.4. The summed E-state index contributed by atoms with van der Waals surface area (Å²) < 4.78 is 6.40. The number of morpholine rings is 1. The van der Waals surface area contributed by atoms with Gasteiger partial charge in [-0.1, -0.05) is 29.0 Å². The minimum Gasteiger partial charge on any atom is -0.379 e. The van der Waals surface area contributed by atoms with Crippen molar-refractivity contribution in [1.29, 1.82) is 0 Å². The second-order valence-corrected chi connectivity index (χ2v) is 9.61. The SMILES string of the molecule is Cc1nc(C)c(C(=O)N(CCCN2CCOCC2)c2nc3c(Cl)cccc3s2)s1. The van der Waals surface area contributed by atoms with Crippen LogP contribution in [0.5, 0.6) is 0 Å². The predicted molar refractivity (Wildman–Crippen MR) is 120 cm³/mol. The molecule has 1 aromatic carbocycles. The molecule has 6 nitrogen and oxygen atoms in total. The Morgan fingerprint density at radius 2 is 2.03 bits per heavy atom. The monoisotopic (exact) mass is 450 g/mol. The zero-order valence-electron chi connectivity index (χ0n) is 16.5. The van der Waals surface area contributed by atoms with Crippen LogP contribution in [0, 0.1) is 13.8 Å². The number of ether oxygens (including phenoxy) is 1. The third-order valence-electron chi connectivity index (χ3n) is 4.89. The molecule has 3 heterocycles. The zero-order valence-corrected chi connectivity index (χ0v) is 18.9. The number of aryl methyl sites for hydroxylation is 2. The van der Waals surface area contributed by atoms with E-state index in [1.54, 1.807) is 4.90 Å². The molecule has 1 aliphatic heterocycles. The van der Waals surface area contributed by atoms with Crippen molar-refractivity contribution in [2.45, 2.75) is 20.3 Å². The van der Waals surface area contributed by atoms with Gasteiger partial charge in [0.05, 0.1) is 33.6 Å². The second-order valence-electron chi connectivity index (χ2n) is 6.99. The number of thiazole rings is 2. The summed E-state index contributed by atoms with van der Waals surface area (Å²) in [5.74, 6) is -0.0368. The molecular weight excluding hydrogens is 428 g/mol. The summed E-state index contributed by atoms with van der Waals surface area (Å²) >= 11 is 9.26. The highest BCUT2D eigenvalue weighted by Crippen LogP contribution is 2.34. The molecule has 1 fully saturated rings. The Hall–Kier alpha value is -1.58. The largest absolute Gasteiger partial charge is 0.379 e. The van der Waals surface area contributed by atoms with Crippen molar-refractivity contribution < 1.29 is 9.53 Å². The van der Waals surface area contributed by atoms with Gasteiger partial charge in [-0.05, 0) is 32.4 Å². The molecule has 0 N–H and O–H groups in total. The van der Waals surface area contributed by atoms with Crippen molar-refractivity contribution in [2.75, 3.05) is 44.3 Å². The van der Waals surface area contributed by atoms with Gasteiger partial charge in [0.1, 0.15) is 10.4 Å². The Balaban J connectivity index is 1.59. The lowest BCUT2D eigenvalue weighted by molar-refractivity contribution is 0.0376. The van der Waals surface area contributed by atoms with Crippen molar-refractivity contribution in [3.05, 3.63) is 38.8 Å². The van der Waals surface area contributed by atoms with E-state index in [0.29, 0.717) is 21.6 Å². The van der Waals surface area contributed by atoms with Gasteiger partial charge in [0.25, 0.3) is 5.91 Å². The fourth-order valence-electron chi connectivity index (χ4n) is 3.43. The first kappa shape index (κ1) is 20.7. The first-order valence-electron chi connectivity index (χ1n) is 9.64. The molecule has 0 unspecified atom stereocenters. The molecule has 0 bridgehead atoms. The maximum Gasteiger partial charge on any atom is 0.272 e. The summed E-state index contributed by atoms with van der Waals surface area (Å²) in [7, 11) is 0. The Bertz CT molecular complexity index is 1010. The molecule has 0 aliphatic carbocycles. The van der Waals surface area contributed by atoms with E-state index in [-0.39, 0.29) is 5.91 Å². The topological polar surface area (TPSA) is 58.6 Å². The lowest BCUT2D eigenvalue weighted by Crippen LogP contribution is -2.39. The van der Waals surface area contributed by atoms with Crippen molar-refractivity contribution in [2.24, 2.45) is 0 Å². The van der Waals surface area contributed by atoms with Crippen LogP contribution in [0.1, 0.15) is 26.8 Å². The highest BCUT2D eigenvalue weighted by molar-refractivity contribution is 7.22. The number of amides is 1. The summed E-state index contributed by atoms with van der Waals surface area (Å²) in [5.41, 5.74) is 1.52. The first-order valence-corrected chi connectivity index (χ1v) is 11.6. The molecule has 154 valence electrons. The summed E-state index contributed by atoms with van der Waals surface area (Å²) in [4.78, 5) is 27.4. The second kappa shape index (κ2) is 9.06. The smallest absolute Gasteiger partial charge is 0.272 e. The van der Waals surface area contributed by atoms with E-state index in [1.165, 1.54) is 22.7 Å². The number of hydrogen-bond donors (Lipinski definition) is 0. The van der Waals surface area contributed by atoms with Crippen molar-refractivity contribution >= 4 is 55.5 Å². The molecule has 4 rings (SSSR count).